The number of hydrogen-bond donors (Lipinski definition) is 1. The van der Waals surface area contributed by atoms with E-state index in [9.17, 15) is 0 Å². The van der Waals surface area contributed by atoms with Gasteiger partial charge in [-0.2, -0.15) is 11.3 Å². The van der Waals surface area contributed by atoms with Gasteiger partial charge in [0.05, 0.1) is 0 Å². The number of aryl methyl sites for hydroxylation is 1. The minimum Gasteiger partial charge on any atom is -0.314 e. The molecule has 0 spiro atoms. The molecule has 1 N–H and O–H groups in total. The monoisotopic (exact) mass is 239 g/mol. The van der Waals surface area contributed by atoms with Gasteiger partial charge in [-0.1, -0.05) is 27.2 Å². The molecule has 0 aromatic carbocycles. The van der Waals surface area contributed by atoms with Gasteiger partial charge in [0.25, 0.3) is 0 Å². The minimum atomic E-state index is 0.694. The first-order valence-corrected chi connectivity index (χ1v) is 7.45. The van der Waals surface area contributed by atoms with Crippen LogP contribution in [0.15, 0.2) is 16.8 Å². The summed E-state index contributed by atoms with van der Waals surface area (Å²) in [6.07, 6.45) is 5.10. The van der Waals surface area contributed by atoms with Crippen molar-refractivity contribution in [2.24, 2.45) is 5.92 Å². The van der Waals surface area contributed by atoms with Crippen molar-refractivity contribution in [3.8, 4) is 0 Å². The highest BCUT2D eigenvalue weighted by atomic mass is 32.1. The van der Waals surface area contributed by atoms with E-state index in [4.69, 9.17) is 0 Å². The van der Waals surface area contributed by atoms with Crippen molar-refractivity contribution in [1.82, 2.24) is 5.32 Å². The topological polar surface area (TPSA) is 12.0 Å². The molecule has 0 bridgehead atoms. The van der Waals surface area contributed by atoms with Crippen LogP contribution in [-0.2, 0) is 6.42 Å². The summed E-state index contributed by atoms with van der Waals surface area (Å²) < 4.78 is 0. The second kappa shape index (κ2) is 7.86. The summed E-state index contributed by atoms with van der Waals surface area (Å²) >= 11 is 1.80. The highest BCUT2D eigenvalue weighted by molar-refractivity contribution is 7.07. The summed E-state index contributed by atoms with van der Waals surface area (Å²) in [5.41, 5.74) is 1.50. The molecule has 2 atom stereocenters. The van der Waals surface area contributed by atoms with Gasteiger partial charge in [0.1, 0.15) is 0 Å². The molecule has 2 heteroatoms. The first kappa shape index (κ1) is 13.7. The highest BCUT2D eigenvalue weighted by Crippen LogP contribution is 2.15. The second-order valence-corrected chi connectivity index (χ2v) is 5.45. The summed E-state index contributed by atoms with van der Waals surface area (Å²) in [5, 5.41) is 8.06. The smallest absolute Gasteiger partial charge is 0.00726 e. The Bertz CT molecular complexity index is 256. The Hall–Kier alpha value is -0.340. The predicted octanol–water partition coefficient (Wildman–Crippen LogP) is 4.10. The number of hydrogen-bond acceptors (Lipinski definition) is 2. The molecule has 0 fully saturated rings. The lowest BCUT2D eigenvalue weighted by molar-refractivity contribution is 0.382. The summed E-state index contributed by atoms with van der Waals surface area (Å²) in [6, 6.07) is 2.94. The maximum absolute atomic E-state index is 3.61. The number of nitrogens with one attached hydrogen (secondary N) is 1. The van der Waals surface area contributed by atoms with Crippen LogP contribution in [0.1, 0.15) is 45.6 Å². The lowest BCUT2D eigenvalue weighted by Gasteiger charge is -2.20. The van der Waals surface area contributed by atoms with Gasteiger partial charge in [0, 0.05) is 6.04 Å². The van der Waals surface area contributed by atoms with Gasteiger partial charge in [0.2, 0.25) is 0 Å². The number of rotatable bonds is 8. The van der Waals surface area contributed by atoms with Gasteiger partial charge >= 0.3 is 0 Å². The van der Waals surface area contributed by atoms with E-state index in [2.05, 4.69) is 42.9 Å². The standard InChI is InChI=1S/C14H25NS/c1-4-12(3)10-14(15-5-2)7-6-13-8-9-16-11-13/h8-9,11-12,14-15H,4-7,10H2,1-3H3. The molecule has 16 heavy (non-hydrogen) atoms. The van der Waals surface area contributed by atoms with E-state index in [1.54, 1.807) is 11.3 Å². The van der Waals surface area contributed by atoms with Crippen LogP contribution >= 0.6 is 11.3 Å². The molecule has 1 heterocycles. The fourth-order valence-electron chi connectivity index (χ4n) is 2.02. The van der Waals surface area contributed by atoms with Gasteiger partial charge < -0.3 is 5.32 Å². The summed E-state index contributed by atoms with van der Waals surface area (Å²) in [7, 11) is 0. The predicted molar refractivity (Wildman–Crippen MR) is 74.2 cm³/mol. The van der Waals surface area contributed by atoms with Gasteiger partial charge in [-0.25, -0.2) is 0 Å². The summed E-state index contributed by atoms with van der Waals surface area (Å²) in [4.78, 5) is 0. The molecule has 0 amide bonds. The molecule has 0 aliphatic carbocycles. The highest BCUT2D eigenvalue weighted by Gasteiger charge is 2.11. The van der Waals surface area contributed by atoms with E-state index >= 15 is 0 Å². The summed E-state index contributed by atoms with van der Waals surface area (Å²) in [5.74, 6) is 0.839. The van der Waals surface area contributed by atoms with Crippen molar-refractivity contribution in [2.45, 2.75) is 52.5 Å². The van der Waals surface area contributed by atoms with Crippen molar-refractivity contribution in [3.63, 3.8) is 0 Å². The molecule has 92 valence electrons. The molecule has 0 aliphatic heterocycles. The zero-order valence-electron chi connectivity index (χ0n) is 10.8. The van der Waals surface area contributed by atoms with Gasteiger partial charge in [0.15, 0.2) is 0 Å². The van der Waals surface area contributed by atoms with E-state index in [0.29, 0.717) is 6.04 Å². The Morgan fingerprint density at radius 3 is 2.75 bits per heavy atom. The Kier molecular flexibility index (Phi) is 6.74. The average Bonchev–Trinajstić information content (AvgIpc) is 2.79. The molecule has 1 nitrogen and oxygen atoms in total. The Balaban J connectivity index is 2.32. The third kappa shape index (κ3) is 5.13. The van der Waals surface area contributed by atoms with Crippen molar-refractivity contribution >= 4 is 11.3 Å². The first-order chi connectivity index (χ1) is 7.76. The quantitative estimate of drug-likeness (QED) is 0.720. The fourth-order valence-corrected chi connectivity index (χ4v) is 2.72. The lowest BCUT2D eigenvalue weighted by Crippen LogP contribution is -2.31. The molecule has 0 saturated carbocycles. The van der Waals surface area contributed by atoms with Crippen LogP contribution in [-0.4, -0.2) is 12.6 Å². The normalized spacial score (nSPS) is 14.9. The van der Waals surface area contributed by atoms with E-state index in [1.165, 1.54) is 31.2 Å². The van der Waals surface area contributed by atoms with Crippen molar-refractivity contribution in [1.29, 1.82) is 0 Å². The largest absolute Gasteiger partial charge is 0.314 e. The van der Waals surface area contributed by atoms with Crippen molar-refractivity contribution < 1.29 is 0 Å². The minimum absolute atomic E-state index is 0.694. The van der Waals surface area contributed by atoms with Gasteiger partial charge in [-0.15, -0.1) is 0 Å². The summed E-state index contributed by atoms with van der Waals surface area (Å²) in [6.45, 7) is 7.93. The van der Waals surface area contributed by atoms with Crippen LogP contribution in [0.25, 0.3) is 0 Å². The van der Waals surface area contributed by atoms with Crippen LogP contribution in [0.5, 0.6) is 0 Å². The Morgan fingerprint density at radius 1 is 1.38 bits per heavy atom. The molecule has 1 aromatic rings. The van der Waals surface area contributed by atoms with Crippen LogP contribution in [0.4, 0.5) is 0 Å². The van der Waals surface area contributed by atoms with Gasteiger partial charge in [-0.3, -0.25) is 0 Å². The Morgan fingerprint density at radius 2 is 2.19 bits per heavy atom. The van der Waals surface area contributed by atoms with Gasteiger partial charge in [-0.05, 0) is 54.1 Å². The second-order valence-electron chi connectivity index (χ2n) is 4.67. The van der Waals surface area contributed by atoms with Crippen LogP contribution in [0, 0.1) is 5.92 Å². The van der Waals surface area contributed by atoms with Crippen molar-refractivity contribution in [2.75, 3.05) is 6.54 Å². The van der Waals surface area contributed by atoms with E-state index in [0.717, 1.165) is 12.5 Å². The van der Waals surface area contributed by atoms with Crippen LogP contribution in [0.3, 0.4) is 0 Å². The van der Waals surface area contributed by atoms with E-state index in [-0.39, 0.29) is 0 Å². The first-order valence-electron chi connectivity index (χ1n) is 6.50. The van der Waals surface area contributed by atoms with Crippen LogP contribution < -0.4 is 5.32 Å². The van der Waals surface area contributed by atoms with Crippen molar-refractivity contribution in [3.05, 3.63) is 22.4 Å². The maximum Gasteiger partial charge on any atom is 0.00726 e. The van der Waals surface area contributed by atoms with E-state index in [1.807, 2.05) is 0 Å². The fraction of sp³-hybridized carbons (Fsp3) is 0.714. The average molecular weight is 239 g/mol. The molecule has 0 radical (unpaired) electrons. The SMILES string of the molecule is CCNC(CCc1ccsc1)CC(C)CC. The third-order valence-electron chi connectivity index (χ3n) is 3.24. The third-order valence-corrected chi connectivity index (χ3v) is 3.97. The molecular weight excluding hydrogens is 214 g/mol. The number of thiophene rings is 1. The molecular formula is C14H25NS. The molecule has 1 rings (SSSR count). The zero-order chi connectivity index (χ0) is 11.8. The zero-order valence-corrected chi connectivity index (χ0v) is 11.6. The maximum atomic E-state index is 3.61. The molecule has 0 aliphatic rings. The van der Waals surface area contributed by atoms with Crippen LogP contribution in [0.2, 0.25) is 0 Å². The Labute approximate surface area is 104 Å². The molecule has 0 saturated heterocycles. The molecule has 1 aromatic heterocycles. The lowest BCUT2D eigenvalue weighted by atomic mass is 9.95. The molecule has 2 unspecified atom stereocenters. The van der Waals surface area contributed by atoms with E-state index < -0.39 is 0 Å².